The zero-order chi connectivity index (χ0) is 15.3. The number of carboxylic acids is 2. The van der Waals surface area contributed by atoms with Crippen LogP contribution < -0.4 is 5.11 Å². The van der Waals surface area contributed by atoms with Gasteiger partial charge in [0.05, 0.1) is 21.1 Å². The molecule has 1 unspecified atom stereocenters. The minimum Gasteiger partial charge on any atom is -0.543 e. The van der Waals surface area contributed by atoms with Gasteiger partial charge in [-0.25, -0.2) is 4.79 Å². The SMILES string of the molecule is C=C(C)C(=O)O.C[N+](C)(C)C(C(=O)[O-])S(=O)(=O)O. The van der Waals surface area contributed by atoms with E-state index in [1.165, 1.54) is 28.1 Å². The summed E-state index contributed by atoms with van der Waals surface area (Å²) in [6.45, 7) is 4.60. The maximum Gasteiger partial charge on any atom is 0.330 e. The Labute approximate surface area is 105 Å². The Morgan fingerprint density at radius 2 is 1.56 bits per heavy atom. The van der Waals surface area contributed by atoms with E-state index < -0.39 is 31.9 Å². The van der Waals surface area contributed by atoms with Gasteiger partial charge < -0.3 is 19.5 Å². The van der Waals surface area contributed by atoms with Crippen LogP contribution in [-0.2, 0) is 19.7 Å². The molecule has 0 aliphatic rings. The van der Waals surface area contributed by atoms with Crippen LogP contribution in [0.5, 0.6) is 0 Å². The molecule has 0 aromatic carbocycles. The van der Waals surface area contributed by atoms with Gasteiger partial charge in [-0.3, -0.25) is 4.55 Å². The van der Waals surface area contributed by atoms with Crippen LogP contribution in [0.15, 0.2) is 12.2 Å². The predicted molar refractivity (Wildman–Crippen MR) is 60.8 cm³/mol. The van der Waals surface area contributed by atoms with Crippen molar-refractivity contribution in [3.05, 3.63) is 12.2 Å². The smallest absolute Gasteiger partial charge is 0.330 e. The van der Waals surface area contributed by atoms with Crippen LogP contribution in [0.1, 0.15) is 6.92 Å². The monoisotopic (exact) mass is 283 g/mol. The molecule has 106 valence electrons. The lowest BCUT2D eigenvalue weighted by Gasteiger charge is -2.31. The molecule has 18 heavy (non-hydrogen) atoms. The second-order valence-corrected chi connectivity index (χ2v) is 5.86. The van der Waals surface area contributed by atoms with Gasteiger partial charge in [0.1, 0.15) is 5.97 Å². The maximum absolute atomic E-state index is 10.5. The molecule has 0 spiro atoms. The molecule has 0 aromatic heterocycles. The Balaban J connectivity index is 0. The standard InChI is InChI=1S/C5H11NO5S.C4H6O2/c1-6(2,3)4(5(7)8)12(9,10)11;1-3(2)4(5)6/h4H,1-3H3,(H-,7,8,9,10,11);1H2,2H3,(H,5,6). The van der Waals surface area contributed by atoms with Gasteiger partial charge in [-0.15, -0.1) is 0 Å². The van der Waals surface area contributed by atoms with Gasteiger partial charge in [0.15, 0.2) is 0 Å². The van der Waals surface area contributed by atoms with Gasteiger partial charge in [-0.2, -0.15) is 8.42 Å². The van der Waals surface area contributed by atoms with Crippen molar-refractivity contribution in [3.63, 3.8) is 0 Å². The summed E-state index contributed by atoms with van der Waals surface area (Å²) in [6.07, 6.45) is 0. The van der Waals surface area contributed by atoms with Crippen LogP contribution in [0, 0.1) is 0 Å². The average molecular weight is 283 g/mol. The van der Waals surface area contributed by atoms with Crippen LogP contribution in [0.4, 0.5) is 0 Å². The quantitative estimate of drug-likeness (QED) is 0.357. The third-order valence-corrected chi connectivity index (χ3v) is 2.94. The highest BCUT2D eigenvalue weighted by Crippen LogP contribution is 2.08. The Hall–Kier alpha value is -1.45. The van der Waals surface area contributed by atoms with Crippen molar-refractivity contribution in [1.82, 2.24) is 0 Å². The van der Waals surface area contributed by atoms with E-state index in [2.05, 4.69) is 6.58 Å². The van der Waals surface area contributed by atoms with Gasteiger partial charge in [0.2, 0.25) is 0 Å². The van der Waals surface area contributed by atoms with Gasteiger partial charge in [-0.1, -0.05) is 6.58 Å². The van der Waals surface area contributed by atoms with Gasteiger partial charge in [0, 0.05) is 5.57 Å². The number of rotatable bonds is 4. The molecule has 0 heterocycles. The molecule has 0 rings (SSSR count). The second-order valence-electron chi connectivity index (χ2n) is 4.39. The third-order valence-electron chi connectivity index (χ3n) is 1.55. The molecule has 0 radical (unpaired) electrons. The van der Waals surface area contributed by atoms with E-state index in [4.69, 9.17) is 9.66 Å². The Morgan fingerprint density at radius 3 is 1.56 bits per heavy atom. The van der Waals surface area contributed by atoms with E-state index in [1.54, 1.807) is 0 Å². The van der Waals surface area contributed by atoms with Crippen molar-refractivity contribution >= 4 is 22.1 Å². The molecule has 0 saturated heterocycles. The van der Waals surface area contributed by atoms with E-state index in [0.29, 0.717) is 0 Å². The lowest BCUT2D eigenvalue weighted by Crippen LogP contribution is -2.58. The highest BCUT2D eigenvalue weighted by molar-refractivity contribution is 7.87. The Kier molecular flexibility index (Phi) is 6.80. The summed E-state index contributed by atoms with van der Waals surface area (Å²) in [4.78, 5) is 19.9. The fraction of sp³-hybridized carbons (Fsp3) is 0.556. The van der Waals surface area contributed by atoms with Crippen molar-refractivity contribution in [1.29, 1.82) is 0 Å². The van der Waals surface area contributed by atoms with E-state index in [0.717, 1.165) is 0 Å². The number of hydrogen-bond donors (Lipinski definition) is 2. The summed E-state index contributed by atoms with van der Waals surface area (Å²) in [6, 6.07) is 0. The minimum atomic E-state index is -4.61. The largest absolute Gasteiger partial charge is 0.543 e. The summed E-state index contributed by atoms with van der Waals surface area (Å²) in [5.74, 6) is -2.75. The summed E-state index contributed by atoms with van der Waals surface area (Å²) < 4.78 is 29.2. The molecule has 0 saturated carbocycles. The number of carbonyl (C=O) groups is 2. The number of nitrogens with zero attached hydrogens (tertiary/aromatic N) is 1. The van der Waals surface area contributed by atoms with Crippen molar-refractivity contribution in [2.24, 2.45) is 0 Å². The molecule has 0 amide bonds. The van der Waals surface area contributed by atoms with E-state index in [9.17, 15) is 23.1 Å². The number of carbonyl (C=O) groups excluding carboxylic acids is 1. The topological polar surface area (TPSA) is 132 Å². The van der Waals surface area contributed by atoms with Gasteiger partial charge in [0.25, 0.3) is 5.37 Å². The molecule has 8 nitrogen and oxygen atoms in total. The Morgan fingerprint density at radius 1 is 1.28 bits per heavy atom. The van der Waals surface area contributed by atoms with Crippen LogP contribution in [0.2, 0.25) is 0 Å². The molecule has 1 atom stereocenters. The Bertz CT molecular complexity index is 420. The van der Waals surface area contributed by atoms with Crippen molar-refractivity contribution in [2.45, 2.75) is 12.3 Å². The van der Waals surface area contributed by atoms with Gasteiger partial charge >= 0.3 is 16.1 Å². The number of aliphatic carboxylic acids is 2. The van der Waals surface area contributed by atoms with Crippen LogP contribution in [-0.4, -0.2) is 61.0 Å². The minimum absolute atomic E-state index is 0.176. The van der Waals surface area contributed by atoms with Crippen molar-refractivity contribution in [2.75, 3.05) is 21.1 Å². The normalized spacial score (nSPS) is 12.9. The fourth-order valence-electron chi connectivity index (χ4n) is 0.837. The van der Waals surface area contributed by atoms with Crippen LogP contribution >= 0.6 is 0 Å². The molecule has 0 fully saturated rings. The van der Waals surface area contributed by atoms with Crippen molar-refractivity contribution < 1.29 is 37.3 Å². The lowest BCUT2D eigenvalue weighted by atomic mass is 10.4. The summed E-state index contributed by atoms with van der Waals surface area (Å²) in [7, 11) is -0.629. The van der Waals surface area contributed by atoms with Crippen LogP contribution in [0.3, 0.4) is 0 Å². The first-order valence-corrected chi connectivity index (χ1v) is 6.08. The molecule has 2 N–H and O–H groups in total. The summed E-state index contributed by atoms with van der Waals surface area (Å²) in [5.41, 5.74) is 0.176. The lowest BCUT2D eigenvalue weighted by molar-refractivity contribution is -0.875. The fourth-order valence-corrected chi connectivity index (χ4v) is 1.88. The zero-order valence-corrected chi connectivity index (χ0v) is 11.4. The first-order valence-electron chi connectivity index (χ1n) is 4.58. The number of likely N-dealkylation sites (N-methyl/N-ethyl adjacent to an activating group) is 1. The first kappa shape index (κ1) is 18.9. The second kappa shape index (κ2) is 6.47. The van der Waals surface area contributed by atoms with Gasteiger partial charge in [-0.05, 0) is 6.92 Å². The zero-order valence-electron chi connectivity index (χ0n) is 10.6. The highest BCUT2D eigenvalue weighted by atomic mass is 32.2. The molecule has 0 aromatic rings. The van der Waals surface area contributed by atoms with Crippen LogP contribution in [0.25, 0.3) is 0 Å². The molecular weight excluding hydrogens is 266 g/mol. The average Bonchev–Trinajstić information content (AvgIpc) is 1.96. The molecule has 0 aliphatic heterocycles. The number of quaternary nitrogens is 1. The number of carboxylic acid groups (broad SMARTS) is 2. The molecule has 9 heteroatoms. The molecule has 0 aliphatic carbocycles. The predicted octanol–water partition coefficient (Wildman–Crippen LogP) is -1.70. The molecule has 0 bridgehead atoms. The summed E-state index contributed by atoms with van der Waals surface area (Å²) in [5, 5.41) is 16.3. The van der Waals surface area contributed by atoms with Crippen molar-refractivity contribution in [3.8, 4) is 0 Å². The summed E-state index contributed by atoms with van der Waals surface area (Å²) >= 11 is 0. The van der Waals surface area contributed by atoms with E-state index in [-0.39, 0.29) is 5.57 Å². The third kappa shape index (κ3) is 7.76. The highest BCUT2D eigenvalue weighted by Gasteiger charge is 2.37. The molecular formula is C9H17NO7S. The number of hydrogen-bond acceptors (Lipinski definition) is 5. The first-order chi connectivity index (χ1) is 7.71. The maximum atomic E-state index is 10.5. The van der Waals surface area contributed by atoms with E-state index >= 15 is 0 Å². The van der Waals surface area contributed by atoms with E-state index in [1.807, 2.05) is 0 Å².